The van der Waals surface area contributed by atoms with Gasteiger partial charge in [-0.1, -0.05) is 0 Å². The van der Waals surface area contributed by atoms with E-state index in [0.717, 1.165) is 51.5 Å². The van der Waals surface area contributed by atoms with Gasteiger partial charge in [-0.3, -0.25) is 14.3 Å². The van der Waals surface area contributed by atoms with Crippen molar-refractivity contribution < 1.29 is 13.9 Å². The van der Waals surface area contributed by atoms with E-state index in [0.29, 0.717) is 30.8 Å². The van der Waals surface area contributed by atoms with E-state index in [2.05, 4.69) is 10.2 Å². The number of morpholine rings is 1. The molecule has 1 aromatic heterocycles. The van der Waals surface area contributed by atoms with Gasteiger partial charge in [0, 0.05) is 57.9 Å². The van der Waals surface area contributed by atoms with Crippen LogP contribution in [0.4, 0.5) is 0 Å². The molecular weight excluding hydrogens is 336 g/mol. The van der Waals surface area contributed by atoms with Gasteiger partial charge in [0.05, 0.1) is 18.7 Å². The van der Waals surface area contributed by atoms with Crippen molar-refractivity contribution in [3.05, 3.63) is 34.3 Å². The fourth-order valence-electron chi connectivity index (χ4n) is 3.53. The fourth-order valence-corrected chi connectivity index (χ4v) is 3.53. The summed E-state index contributed by atoms with van der Waals surface area (Å²) in [6, 6.07) is 5.29. The summed E-state index contributed by atoms with van der Waals surface area (Å²) in [5.74, 6) is -0.392. The second-order valence-electron chi connectivity index (χ2n) is 6.70. The Hall–Kier alpha value is -2.16. The fraction of sp³-hybridized carbons (Fsp3) is 0.556. The van der Waals surface area contributed by atoms with E-state index >= 15 is 0 Å². The molecule has 2 saturated heterocycles. The lowest BCUT2D eigenvalue weighted by atomic mass is 10.1. The van der Waals surface area contributed by atoms with Gasteiger partial charge in [-0.15, -0.1) is 0 Å². The number of carbonyl (C=O) groups is 1. The third kappa shape index (κ3) is 3.53. The molecule has 0 saturated carbocycles. The van der Waals surface area contributed by atoms with Crippen molar-refractivity contribution in [1.82, 2.24) is 19.7 Å². The maximum Gasteiger partial charge on any atom is 0.419 e. The predicted molar refractivity (Wildman–Crippen MR) is 96.5 cm³/mol. The Kier molecular flexibility index (Phi) is 5.05. The number of hydrogen-bond donors (Lipinski definition) is 1. The van der Waals surface area contributed by atoms with Gasteiger partial charge < -0.3 is 19.4 Å². The highest BCUT2D eigenvalue weighted by Gasteiger charge is 2.20. The number of amides is 1. The number of carbonyl (C=O) groups excluding carboxylic acids is 1. The van der Waals surface area contributed by atoms with E-state index < -0.39 is 0 Å². The smallest absolute Gasteiger partial charge is 0.408 e. The molecule has 0 spiro atoms. The molecule has 1 aromatic carbocycles. The first-order chi connectivity index (χ1) is 12.7. The Labute approximate surface area is 151 Å². The third-order valence-corrected chi connectivity index (χ3v) is 5.06. The van der Waals surface area contributed by atoms with Crippen LogP contribution in [0.25, 0.3) is 11.1 Å². The average molecular weight is 360 g/mol. The minimum atomic E-state index is -0.375. The number of oxazole rings is 1. The first-order valence-electron chi connectivity index (χ1n) is 9.16. The van der Waals surface area contributed by atoms with Gasteiger partial charge in [-0.2, -0.15) is 0 Å². The van der Waals surface area contributed by atoms with Gasteiger partial charge in [0.15, 0.2) is 5.58 Å². The van der Waals surface area contributed by atoms with Gasteiger partial charge in [0.25, 0.3) is 5.91 Å². The summed E-state index contributed by atoms with van der Waals surface area (Å²) in [6.07, 6.45) is 0. The summed E-state index contributed by atoms with van der Waals surface area (Å²) >= 11 is 0. The van der Waals surface area contributed by atoms with Crippen LogP contribution in [0.3, 0.4) is 0 Å². The summed E-state index contributed by atoms with van der Waals surface area (Å²) in [4.78, 5) is 29.0. The molecule has 0 atom stereocenters. The zero-order valence-corrected chi connectivity index (χ0v) is 14.8. The summed E-state index contributed by atoms with van der Waals surface area (Å²) in [5, 5.41) is 3.23. The number of benzene rings is 1. The van der Waals surface area contributed by atoms with Crippen molar-refractivity contribution in [3.8, 4) is 0 Å². The molecule has 140 valence electrons. The normalized spacial score (nSPS) is 19.2. The number of aromatic nitrogens is 1. The third-order valence-electron chi connectivity index (χ3n) is 5.06. The Balaban J connectivity index is 1.52. The summed E-state index contributed by atoms with van der Waals surface area (Å²) in [5.41, 5.74) is 1.77. The van der Waals surface area contributed by atoms with Crippen molar-refractivity contribution in [1.29, 1.82) is 0 Å². The lowest BCUT2D eigenvalue weighted by molar-refractivity contribution is 0.0363. The maximum atomic E-state index is 12.6. The Morgan fingerprint density at radius 1 is 1.08 bits per heavy atom. The summed E-state index contributed by atoms with van der Waals surface area (Å²) in [7, 11) is 0. The van der Waals surface area contributed by atoms with E-state index in [1.807, 2.05) is 11.0 Å². The standard InChI is InChI=1S/C18H24N4O4/c23-17(21-5-3-19-4-6-21)14-1-2-15-16(13-14)26-18(24)22(15)8-7-20-9-11-25-12-10-20/h1-2,13,19H,3-12H2. The monoisotopic (exact) mass is 360 g/mol. The van der Waals surface area contributed by atoms with E-state index in [4.69, 9.17) is 9.15 Å². The van der Waals surface area contributed by atoms with Crippen LogP contribution in [-0.2, 0) is 11.3 Å². The molecule has 1 N–H and O–H groups in total. The minimum Gasteiger partial charge on any atom is -0.408 e. The highest BCUT2D eigenvalue weighted by molar-refractivity contribution is 5.97. The molecule has 1 amide bonds. The largest absolute Gasteiger partial charge is 0.419 e. The first-order valence-corrected chi connectivity index (χ1v) is 9.16. The second-order valence-corrected chi connectivity index (χ2v) is 6.70. The molecule has 8 heteroatoms. The summed E-state index contributed by atoms with van der Waals surface area (Å²) < 4.78 is 12.4. The first kappa shape index (κ1) is 17.3. The molecule has 8 nitrogen and oxygen atoms in total. The summed E-state index contributed by atoms with van der Waals surface area (Å²) in [6.45, 7) is 7.58. The number of fused-ring (bicyclic) bond motifs is 1. The van der Waals surface area contributed by atoms with Crippen LogP contribution in [0.15, 0.2) is 27.4 Å². The van der Waals surface area contributed by atoms with Crippen molar-refractivity contribution >= 4 is 17.0 Å². The van der Waals surface area contributed by atoms with Gasteiger partial charge in [0.1, 0.15) is 0 Å². The van der Waals surface area contributed by atoms with Crippen LogP contribution >= 0.6 is 0 Å². The second kappa shape index (κ2) is 7.61. The van der Waals surface area contributed by atoms with Gasteiger partial charge >= 0.3 is 5.76 Å². The Bertz CT molecular complexity index is 831. The molecule has 2 aromatic rings. The molecule has 2 aliphatic rings. The van der Waals surface area contributed by atoms with Crippen LogP contribution < -0.4 is 11.1 Å². The molecule has 0 unspecified atom stereocenters. The Morgan fingerprint density at radius 3 is 2.62 bits per heavy atom. The molecule has 0 aliphatic carbocycles. The van der Waals surface area contributed by atoms with E-state index in [9.17, 15) is 9.59 Å². The van der Waals surface area contributed by atoms with Crippen LogP contribution in [0.2, 0.25) is 0 Å². The minimum absolute atomic E-state index is 0.0166. The lowest BCUT2D eigenvalue weighted by Gasteiger charge is -2.27. The number of piperazine rings is 1. The number of hydrogen-bond acceptors (Lipinski definition) is 6. The maximum absolute atomic E-state index is 12.6. The number of rotatable bonds is 4. The lowest BCUT2D eigenvalue weighted by Crippen LogP contribution is -2.46. The zero-order valence-electron chi connectivity index (χ0n) is 14.8. The van der Waals surface area contributed by atoms with Gasteiger partial charge in [-0.25, -0.2) is 4.79 Å². The van der Waals surface area contributed by atoms with Crippen LogP contribution in [0, 0.1) is 0 Å². The highest BCUT2D eigenvalue weighted by atomic mass is 16.5. The quantitative estimate of drug-likeness (QED) is 0.825. The van der Waals surface area contributed by atoms with Crippen LogP contribution in [-0.4, -0.2) is 79.3 Å². The molecule has 2 aliphatic heterocycles. The van der Waals surface area contributed by atoms with Crippen LogP contribution in [0.1, 0.15) is 10.4 Å². The van der Waals surface area contributed by atoms with Crippen molar-refractivity contribution in [2.45, 2.75) is 6.54 Å². The number of nitrogens with one attached hydrogen (secondary N) is 1. The van der Waals surface area contributed by atoms with Gasteiger partial charge in [-0.05, 0) is 18.2 Å². The number of ether oxygens (including phenoxy) is 1. The highest BCUT2D eigenvalue weighted by Crippen LogP contribution is 2.17. The topological polar surface area (TPSA) is 80.0 Å². The molecule has 4 rings (SSSR count). The van der Waals surface area contributed by atoms with E-state index in [1.54, 1.807) is 16.7 Å². The molecular formula is C18H24N4O4. The van der Waals surface area contributed by atoms with E-state index in [1.165, 1.54) is 0 Å². The van der Waals surface area contributed by atoms with Crippen molar-refractivity contribution in [3.63, 3.8) is 0 Å². The zero-order chi connectivity index (χ0) is 17.9. The number of nitrogens with zero attached hydrogens (tertiary/aromatic N) is 3. The molecule has 0 radical (unpaired) electrons. The Morgan fingerprint density at radius 2 is 1.85 bits per heavy atom. The molecule has 2 fully saturated rings. The SMILES string of the molecule is O=C(c1ccc2c(c1)oc(=O)n2CCN1CCOCC1)N1CCNCC1. The van der Waals surface area contributed by atoms with Crippen LogP contribution in [0.5, 0.6) is 0 Å². The van der Waals surface area contributed by atoms with Crippen molar-refractivity contribution in [2.75, 3.05) is 59.0 Å². The molecule has 3 heterocycles. The van der Waals surface area contributed by atoms with Gasteiger partial charge in [0.2, 0.25) is 0 Å². The average Bonchev–Trinajstić information content (AvgIpc) is 3.01. The predicted octanol–water partition coefficient (Wildman–Crippen LogP) is -0.0279. The molecule has 26 heavy (non-hydrogen) atoms. The van der Waals surface area contributed by atoms with Crippen molar-refractivity contribution in [2.24, 2.45) is 0 Å². The van der Waals surface area contributed by atoms with E-state index in [-0.39, 0.29) is 11.7 Å². The molecule has 0 bridgehead atoms.